The Balaban J connectivity index is 1.63. The minimum atomic E-state index is -0.428. The summed E-state index contributed by atoms with van der Waals surface area (Å²) in [7, 11) is 0. The normalized spacial score (nSPS) is 19.5. The molecule has 2 aliphatic rings. The number of nitrogens with one attached hydrogen (secondary N) is 1. The zero-order valence-corrected chi connectivity index (χ0v) is 16.4. The molecule has 1 aromatic carbocycles. The molecule has 3 rings (SSSR count). The average molecular weight is 388 g/mol. The maximum Gasteiger partial charge on any atom is 0.293 e. The molecule has 2 amide bonds. The second-order valence-electron chi connectivity index (χ2n) is 7.75. The molecule has 1 atom stereocenters. The summed E-state index contributed by atoms with van der Waals surface area (Å²) in [4.78, 5) is 39.4. The highest BCUT2D eigenvalue weighted by molar-refractivity contribution is 5.96. The van der Waals surface area contributed by atoms with Crippen LogP contribution in [0.15, 0.2) is 18.2 Å². The predicted molar refractivity (Wildman–Crippen MR) is 106 cm³/mol. The van der Waals surface area contributed by atoms with Gasteiger partial charge in [0.1, 0.15) is 5.69 Å². The standard InChI is InChI=1S/C20H28N4O4/c1-15-5-4-12-23(14-15)17-7-6-16(13-18(17)24(27)28)20(26)21-9-8-19(25)22-10-2-3-11-22/h6-7,13,15H,2-5,8-12,14H2,1H3,(H,21,26). The molecule has 0 saturated carbocycles. The second-order valence-corrected chi connectivity index (χ2v) is 7.75. The highest BCUT2D eigenvalue weighted by Gasteiger charge is 2.25. The molecule has 2 heterocycles. The summed E-state index contributed by atoms with van der Waals surface area (Å²) < 4.78 is 0. The quantitative estimate of drug-likeness (QED) is 0.597. The molecular weight excluding hydrogens is 360 g/mol. The van der Waals surface area contributed by atoms with Gasteiger partial charge in [0, 0.05) is 50.8 Å². The van der Waals surface area contributed by atoms with Gasteiger partial charge in [-0.2, -0.15) is 0 Å². The zero-order valence-electron chi connectivity index (χ0n) is 16.4. The Morgan fingerprint density at radius 1 is 1.21 bits per heavy atom. The lowest BCUT2D eigenvalue weighted by Crippen LogP contribution is -2.35. The largest absolute Gasteiger partial charge is 0.366 e. The summed E-state index contributed by atoms with van der Waals surface area (Å²) in [6, 6.07) is 4.63. The number of amides is 2. The van der Waals surface area contributed by atoms with Crippen molar-refractivity contribution in [2.45, 2.75) is 39.0 Å². The molecule has 8 nitrogen and oxygen atoms in total. The number of likely N-dealkylation sites (tertiary alicyclic amines) is 1. The highest BCUT2D eigenvalue weighted by Crippen LogP contribution is 2.32. The Bertz CT molecular complexity index is 746. The van der Waals surface area contributed by atoms with Crippen molar-refractivity contribution in [3.63, 3.8) is 0 Å². The van der Waals surface area contributed by atoms with Gasteiger partial charge in [0.05, 0.1) is 4.92 Å². The first kappa shape index (κ1) is 20.1. The topological polar surface area (TPSA) is 95.8 Å². The van der Waals surface area contributed by atoms with Crippen LogP contribution < -0.4 is 10.2 Å². The molecule has 2 saturated heterocycles. The van der Waals surface area contributed by atoms with Crippen molar-refractivity contribution in [2.24, 2.45) is 5.92 Å². The lowest BCUT2D eigenvalue weighted by molar-refractivity contribution is -0.384. The van der Waals surface area contributed by atoms with E-state index in [2.05, 4.69) is 12.2 Å². The smallest absolute Gasteiger partial charge is 0.293 e. The summed E-state index contributed by atoms with van der Waals surface area (Å²) in [6.45, 7) is 5.52. The highest BCUT2D eigenvalue weighted by atomic mass is 16.6. The molecule has 1 N–H and O–H groups in total. The number of carbonyl (C=O) groups excluding carboxylic acids is 2. The van der Waals surface area contributed by atoms with E-state index in [0.717, 1.165) is 51.9 Å². The maximum absolute atomic E-state index is 12.4. The minimum Gasteiger partial charge on any atom is -0.366 e. The van der Waals surface area contributed by atoms with E-state index in [1.54, 1.807) is 12.1 Å². The van der Waals surface area contributed by atoms with E-state index >= 15 is 0 Å². The molecule has 28 heavy (non-hydrogen) atoms. The lowest BCUT2D eigenvalue weighted by atomic mass is 9.99. The number of nitro benzene ring substituents is 1. The Morgan fingerprint density at radius 3 is 2.64 bits per heavy atom. The molecular formula is C20H28N4O4. The summed E-state index contributed by atoms with van der Waals surface area (Å²) in [5, 5.41) is 14.3. The Hall–Kier alpha value is -2.64. The van der Waals surface area contributed by atoms with Crippen LogP contribution in [0.2, 0.25) is 0 Å². The van der Waals surface area contributed by atoms with Crippen molar-refractivity contribution in [3.8, 4) is 0 Å². The molecule has 1 unspecified atom stereocenters. The van der Waals surface area contributed by atoms with Crippen LogP contribution in [0, 0.1) is 16.0 Å². The van der Waals surface area contributed by atoms with Crippen LogP contribution >= 0.6 is 0 Å². The average Bonchev–Trinajstić information content (AvgIpc) is 3.22. The van der Waals surface area contributed by atoms with E-state index in [0.29, 0.717) is 11.6 Å². The fourth-order valence-corrected chi connectivity index (χ4v) is 4.00. The van der Waals surface area contributed by atoms with Crippen molar-refractivity contribution in [1.29, 1.82) is 0 Å². The first-order valence-corrected chi connectivity index (χ1v) is 10.0. The number of anilines is 1. The summed E-state index contributed by atoms with van der Waals surface area (Å²) >= 11 is 0. The monoisotopic (exact) mass is 388 g/mol. The molecule has 0 spiro atoms. The number of nitrogens with zero attached hydrogens (tertiary/aromatic N) is 3. The molecule has 2 aliphatic heterocycles. The number of hydrogen-bond donors (Lipinski definition) is 1. The number of benzene rings is 1. The van der Waals surface area contributed by atoms with Crippen molar-refractivity contribution < 1.29 is 14.5 Å². The van der Waals surface area contributed by atoms with Crippen LogP contribution in [0.5, 0.6) is 0 Å². The molecule has 0 bridgehead atoms. The van der Waals surface area contributed by atoms with E-state index < -0.39 is 10.8 Å². The van der Waals surface area contributed by atoms with Crippen LogP contribution in [0.1, 0.15) is 49.4 Å². The van der Waals surface area contributed by atoms with Crippen LogP contribution in [0.25, 0.3) is 0 Å². The van der Waals surface area contributed by atoms with Gasteiger partial charge >= 0.3 is 0 Å². The Kier molecular flexibility index (Phi) is 6.49. The van der Waals surface area contributed by atoms with Crippen LogP contribution in [-0.2, 0) is 4.79 Å². The van der Waals surface area contributed by atoms with Gasteiger partial charge in [0.25, 0.3) is 11.6 Å². The van der Waals surface area contributed by atoms with E-state index in [-0.39, 0.29) is 30.1 Å². The number of piperidine rings is 1. The van der Waals surface area contributed by atoms with Gasteiger partial charge in [-0.15, -0.1) is 0 Å². The van der Waals surface area contributed by atoms with Crippen molar-refractivity contribution in [1.82, 2.24) is 10.2 Å². The number of carbonyl (C=O) groups is 2. The van der Waals surface area contributed by atoms with Crippen LogP contribution in [-0.4, -0.2) is 54.4 Å². The maximum atomic E-state index is 12.4. The first-order valence-electron chi connectivity index (χ1n) is 10.0. The molecule has 0 aliphatic carbocycles. The lowest BCUT2D eigenvalue weighted by Gasteiger charge is -2.32. The third-order valence-corrected chi connectivity index (χ3v) is 5.52. The Morgan fingerprint density at radius 2 is 1.96 bits per heavy atom. The van der Waals surface area contributed by atoms with E-state index in [9.17, 15) is 19.7 Å². The number of rotatable bonds is 6. The SMILES string of the molecule is CC1CCCN(c2ccc(C(=O)NCCC(=O)N3CCCC3)cc2[N+](=O)[O-])C1. The van der Waals surface area contributed by atoms with Crippen LogP contribution in [0.3, 0.4) is 0 Å². The summed E-state index contributed by atoms with van der Waals surface area (Å²) in [5.74, 6) is 0.138. The van der Waals surface area contributed by atoms with Crippen molar-refractivity contribution in [2.75, 3.05) is 37.6 Å². The van der Waals surface area contributed by atoms with E-state index in [1.165, 1.54) is 6.07 Å². The molecule has 152 valence electrons. The van der Waals surface area contributed by atoms with Gasteiger partial charge in [-0.3, -0.25) is 19.7 Å². The van der Waals surface area contributed by atoms with Gasteiger partial charge in [-0.1, -0.05) is 6.92 Å². The molecule has 8 heteroatoms. The van der Waals surface area contributed by atoms with Crippen LogP contribution in [0.4, 0.5) is 11.4 Å². The number of hydrogen-bond acceptors (Lipinski definition) is 5. The fraction of sp³-hybridized carbons (Fsp3) is 0.600. The molecule has 0 radical (unpaired) electrons. The third kappa shape index (κ3) is 4.79. The third-order valence-electron chi connectivity index (χ3n) is 5.52. The van der Waals surface area contributed by atoms with E-state index in [1.807, 2.05) is 9.80 Å². The van der Waals surface area contributed by atoms with Gasteiger partial charge < -0.3 is 15.1 Å². The van der Waals surface area contributed by atoms with Crippen molar-refractivity contribution in [3.05, 3.63) is 33.9 Å². The summed E-state index contributed by atoms with van der Waals surface area (Å²) in [6.07, 6.45) is 4.44. The Labute approximate surface area is 165 Å². The summed E-state index contributed by atoms with van der Waals surface area (Å²) in [5.41, 5.74) is 0.765. The first-order chi connectivity index (χ1) is 13.5. The zero-order chi connectivity index (χ0) is 20.1. The number of nitro groups is 1. The predicted octanol–water partition coefficient (Wildman–Crippen LogP) is 2.57. The molecule has 2 fully saturated rings. The second kappa shape index (κ2) is 9.03. The minimum absolute atomic E-state index is 0.0401. The van der Waals surface area contributed by atoms with Gasteiger partial charge in [0.15, 0.2) is 0 Å². The van der Waals surface area contributed by atoms with Gasteiger partial charge in [0.2, 0.25) is 5.91 Å². The van der Waals surface area contributed by atoms with Gasteiger partial charge in [-0.25, -0.2) is 0 Å². The van der Waals surface area contributed by atoms with Crippen molar-refractivity contribution >= 4 is 23.2 Å². The molecule has 1 aromatic rings. The van der Waals surface area contributed by atoms with E-state index in [4.69, 9.17) is 0 Å². The fourth-order valence-electron chi connectivity index (χ4n) is 4.00. The van der Waals surface area contributed by atoms with Gasteiger partial charge in [-0.05, 0) is 43.7 Å². The molecule has 0 aromatic heterocycles.